The molecule has 0 spiro atoms. The summed E-state index contributed by atoms with van der Waals surface area (Å²) in [6.07, 6.45) is 8.19. The summed E-state index contributed by atoms with van der Waals surface area (Å²) in [6, 6.07) is 10.5. The summed E-state index contributed by atoms with van der Waals surface area (Å²) in [5.74, 6) is 1.17. The predicted octanol–water partition coefficient (Wildman–Crippen LogP) is 3.68. The first-order valence-corrected chi connectivity index (χ1v) is 9.69. The molecule has 6 nitrogen and oxygen atoms in total. The SMILES string of the molecule is CCNc1ncc(CN2CCC[C@H](c3[nH]ncc3-c3ccccc3)C2)cn1. The lowest BCUT2D eigenvalue weighted by Crippen LogP contribution is -2.34. The highest BCUT2D eigenvalue weighted by Gasteiger charge is 2.25. The summed E-state index contributed by atoms with van der Waals surface area (Å²) in [5, 5.41) is 10.7. The van der Waals surface area contributed by atoms with E-state index in [1.54, 1.807) is 0 Å². The van der Waals surface area contributed by atoms with Crippen molar-refractivity contribution in [2.24, 2.45) is 0 Å². The summed E-state index contributed by atoms with van der Waals surface area (Å²) >= 11 is 0. The van der Waals surface area contributed by atoms with Gasteiger partial charge in [-0.2, -0.15) is 5.10 Å². The highest BCUT2D eigenvalue weighted by atomic mass is 15.2. The molecule has 1 aliphatic rings. The Labute approximate surface area is 160 Å². The maximum Gasteiger partial charge on any atom is 0.222 e. The van der Waals surface area contributed by atoms with Gasteiger partial charge in [-0.1, -0.05) is 30.3 Å². The van der Waals surface area contributed by atoms with Crippen LogP contribution in [0.4, 0.5) is 5.95 Å². The van der Waals surface area contributed by atoms with E-state index in [-0.39, 0.29) is 0 Å². The van der Waals surface area contributed by atoms with Crippen molar-refractivity contribution in [1.82, 2.24) is 25.1 Å². The lowest BCUT2D eigenvalue weighted by Gasteiger charge is -2.32. The molecule has 3 heterocycles. The van der Waals surface area contributed by atoms with Crippen LogP contribution < -0.4 is 5.32 Å². The van der Waals surface area contributed by atoms with Crippen molar-refractivity contribution < 1.29 is 0 Å². The van der Waals surface area contributed by atoms with Gasteiger partial charge in [0.15, 0.2) is 0 Å². The molecule has 2 N–H and O–H groups in total. The molecule has 0 unspecified atom stereocenters. The average molecular weight is 362 g/mol. The van der Waals surface area contributed by atoms with Gasteiger partial charge in [-0.05, 0) is 31.9 Å². The van der Waals surface area contributed by atoms with Gasteiger partial charge in [0, 0.05) is 54.8 Å². The van der Waals surface area contributed by atoms with E-state index in [0.29, 0.717) is 11.9 Å². The first-order valence-electron chi connectivity index (χ1n) is 9.69. The van der Waals surface area contributed by atoms with Gasteiger partial charge in [0.25, 0.3) is 0 Å². The van der Waals surface area contributed by atoms with Crippen LogP contribution in [0.2, 0.25) is 0 Å². The first-order chi connectivity index (χ1) is 13.3. The second kappa shape index (κ2) is 8.31. The van der Waals surface area contributed by atoms with Crippen LogP contribution in [0.3, 0.4) is 0 Å². The number of anilines is 1. The normalized spacial score (nSPS) is 17.7. The van der Waals surface area contributed by atoms with E-state index in [9.17, 15) is 0 Å². The predicted molar refractivity (Wildman–Crippen MR) is 107 cm³/mol. The molecule has 1 aliphatic heterocycles. The van der Waals surface area contributed by atoms with E-state index in [1.807, 2.05) is 25.5 Å². The minimum absolute atomic E-state index is 0.471. The van der Waals surface area contributed by atoms with Crippen molar-refractivity contribution >= 4 is 5.95 Å². The van der Waals surface area contributed by atoms with Gasteiger partial charge in [-0.3, -0.25) is 10.00 Å². The molecular formula is C21H26N6. The van der Waals surface area contributed by atoms with E-state index in [4.69, 9.17) is 0 Å². The van der Waals surface area contributed by atoms with Gasteiger partial charge in [-0.25, -0.2) is 9.97 Å². The Hall–Kier alpha value is -2.73. The number of hydrogen-bond donors (Lipinski definition) is 2. The minimum Gasteiger partial charge on any atom is -0.355 e. The van der Waals surface area contributed by atoms with Gasteiger partial charge < -0.3 is 5.32 Å². The van der Waals surface area contributed by atoms with Crippen molar-refractivity contribution in [3.63, 3.8) is 0 Å². The number of likely N-dealkylation sites (tertiary alicyclic amines) is 1. The first kappa shape index (κ1) is 17.7. The summed E-state index contributed by atoms with van der Waals surface area (Å²) in [4.78, 5) is 11.3. The molecule has 0 saturated carbocycles. The Morgan fingerprint density at radius 2 is 1.96 bits per heavy atom. The molecule has 27 heavy (non-hydrogen) atoms. The van der Waals surface area contributed by atoms with Crippen LogP contribution >= 0.6 is 0 Å². The number of H-pyrrole nitrogens is 1. The van der Waals surface area contributed by atoms with Crippen LogP contribution in [0.5, 0.6) is 0 Å². The molecule has 0 radical (unpaired) electrons. The number of benzene rings is 1. The molecule has 0 bridgehead atoms. The maximum atomic E-state index is 4.39. The van der Waals surface area contributed by atoms with E-state index >= 15 is 0 Å². The lowest BCUT2D eigenvalue weighted by atomic mass is 9.90. The highest BCUT2D eigenvalue weighted by molar-refractivity contribution is 5.65. The Morgan fingerprint density at radius 1 is 1.15 bits per heavy atom. The fourth-order valence-electron chi connectivity index (χ4n) is 3.83. The fraction of sp³-hybridized carbons (Fsp3) is 0.381. The largest absolute Gasteiger partial charge is 0.355 e. The number of piperidine rings is 1. The minimum atomic E-state index is 0.471. The Morgan fingerprint density at radius 3 is 2.74 bits per heavy atom. The fourth-order valence-corrected chi connectivity index (χ4v) is 3.83. The van der Waals surface area contributed by atoms with Gasteiger partial charge in [0.1, 0.15) is 0 Å². The van der Waals surface area contributed by atoms with Crippen molar-refractivity contribution in [1.29, 1.82) is 0 Å². The van der Waals surface area contributed by atoms with E-state index < -0.39 is 0 Å². The van der Waals surface area contributed by atoms with Gasteiger partial charge in [0.2, 0.25) is 5.95 Å². The molecule has 6 heteroatoms. The lowest BCUT2D eigenvalue weighted by molar-refractivity contribution is 0.198. The Balaban J connectivity index is 1.45. The standard InChI is InChI=1S/C21H26N6/c1-2-22-21-23-11-16(12-24-21)14-27-10-6-9-18(15-27)20-19(13-25-26-20)17-7-4-3-5-8-17/h3-5,7-8,11-13,18H,2,6,9-10,14-15H2,1H3,(H,25,26)(H,22,23,24)/t18-/m0/s1. The second-order valence-electron chi connectivity index (χ2n) is 7.08. The zero-order chi connectivity index (χ0) is 18.5. The van der Waals surface area contributed by atoms with Gasteiger partial charge in [0.05, 0.1) is 6.20 Å². The molecule has 140 valence electrons. The van der Waals surface area contributed by atoms with Gasteiger partial charge in [-0.15, -0.1) is 0 Å². The average Bonchev–Trinajstić information content (AvgIpc) is 3.21. The second-order valence-corrected chi connectivity index (χ2v) is 7.08. The number of aromatic amines is 1. The summed E-state index contributed by atoms with van der Waals surface area (Å²) in [6.45, 7) is 5.90. The molecule has 1 fully saturated rings. The van der Waals surface area contributed by atoms with Crippen LogP contribution in [0.1, 0.15) is 36.9 Å². The van der Waals surface area contributed by atoms with Crippen LogP contribution in [-0.4, -0.2) is 44.7 Å². The third kappa shape index (κ3) is 4.17. The quantitative estimate of drug-likeness (QED) is 0.700. The molecule has 2 aromatic heterocycles. The van der Waals surface area contributed by atoms with E-state index in [2.05, 4.69) is 60.7 Å². The van der Waals surface area contributed by atoms with Crippen molar-refractivity contribution in [2.75, 3.05) is 25.0 Å². The van der Waals surface area contributed by atoms with Crippen molar-refractivity contribution in [3.05, 3.63) is 60.2 Å². The summed E-state index contributed by atoms with van der Waals surface area (Å²) in [7, 11) is 0. The molecular weight excluding hydrogens is 336 g/mol. The van der Waals surface area contributed by atoms with Crippen molar-refractivity contribution in [3.8, 4) is 11.1 Å². The van der Waals surface area contributed by atoms with E-state index in [1.165, 1.54) is 29.7 Å². The molecule has 1 atom stereocenters. The van der Waals surface area contributed by atoms with Crippen molar-refractivity contribution in [2.45, 2.75) is 32.2 Å². The number of nitrogens with zero attached hydrogens (tertiary/aromatic N) is 4. The highest BCUT2D eigenvalue weighted by Crippen LogP contribution is 2.33. The summed E-state index contributed by atoms with van der Waals surface area (Å²) in [5.41, 5.74) is 4.86. The molecule has 3 aromatic rings. The van der Waals surface area contributed by atoms with Crippen LogP contribution in [0.25, 0.3) is 11.1 Å². The number of aromatic nitrogens is 4. The van der Waals surface area contributed by atoms with Crippen LogP contribution in [0, 0.1) is 0 Å². The molecule has 0 amide bonds. The topological polar surface area (TPSA) is 69.7 Å². The zero-order valence-electron chi connectivity index (χ0n) is 15.7. The summed E-state index contributed by atoms with van der Waals surface area (Å²) < 4.78 is 0. The Bertz CT molecular complexity index is 843. The molecule has 4 rings (SSSR count). The molecule has 0 aliphatic carbocycles. The molecule has 1 saturated heterocycles. The number of nitrogens with one attached hydrogen (secondary N) is 2. The number of hydrogen-bond acceptors (Lipinski definition) is 5. The smallest absolute Gasteiger partial charge is 0.222 e. The van der Waals surface area contributed by atoms with Crippen LogP contribution in [0.15, 0.2) is 48.9 Å². The monoisotopic (exact) mass is 362 g/mol. The third-order valence-corrected chi connectivity index (χ3v) is 5.11. The van der Waals surface area contributed by atoms with E-state index in [0.717, 1.165) is 31.7 Å². The third-order valence-electron chi connectivity index (χ3n) is 5.11. The van der Waals surface area contributed by atoms with Crippen LogP contribution in [-0.2, 0) is 6.54 Å². The molecule has 1 aromatic carbocycles. The maximum absolute atomic E-state index is 4.39. The van der Waals surface area contributed by atoms with Gasteiger partial charge >= 0.3 is 0 Å². The number of rotatable bonds is 6. The Kier molecular flexibility index (Phi) is 5.44. The zero-order valence-corrected chi connectivity index (χ0v) is 15.7.